The minimum atomic E-state index is -0.197. The maximum atomic E-state index is 5.65. The summed E-state index contributed by atoms with van der Waals surface area (Å²) >= 11 is 0. The SMILES string of the molecule is CC(C)(C)Oc1ccc2[nH]ccc2n1. The van der Waals surface area contributed by atoms with Gasteiger partial charge < -0.3 is 9.72 Å². The van der Waals surface area contributed by atoms with Crippen LogP contribution >= 0.6 is 0 Å². The Hall–Kier alpha value is -1.51. The van der Waals surface area contributed by atoms with Crippen LogP contribution in [0.1, 0.15) is 20.8 Å². The second-order valence-electron chi connectivity index (χ2n) is 4.27. The highest BCUT2D eigenvalue weighted by atomic mass is 16.5. The summed E-state index contributed by atoms with van der Waals surface area (Å²) in [6.45, 7) is 6.03. The molecule has 0 aliphatic carbocycles. The monoisotopic (exact) mass is 190 g/mol. The number of nitrogens with zero attached hydrogens (tertiary/aromatic N) is 1. The molecule has 0 atom stereocenters. The van der Waals surface area contributed by atoms with Gasteiger partial charge in [-0.05, 0) is 32.9 Å². The summed E-state index contributed by atoms with van der Waals surface area (Å²) in [6, 6.07) is 5.79. The van der Waals surface area contributed by atoms with Gasteiger partial charge in [0, 0.05) is 12.3 Å². The average Bonchev–Trinajstić information content (AvgIpc) is 2.47. The van der Waals surface area contributed by atoms with E-state index in [1.54, 1.807) is 0 Å². The quantitative estimate of drug-likeness (QED) is 0.750. The molecule has 0 saturated carbocycles. The van der Waals surface area contributed by atoms with Crippen molar-refractivity contribution in [2.75, 3.05) is 0 Å². The number of nitrogens with one attached hydrogen (secondary N) is 1. The second-order valence-corrected chi connectivity index (χ2v) is 4.27. The Balaban J connectivity index is 2.35. The van der Waals surface area contributed by atoms with Crippen molar-refractivity contribution in [2.24, 2.45) is 0 Å². The predicted octanol–water partition coefficient (Wildman–Crippen LogP) is 2.74. The van der Waals surface area contributed by atoms with Crippen LogP contribution in [0, 0.1) is 0 Å². The molecule has 0 amide bonds. The zero-order valence-corrected chi connectivity index (χ0v) is 8.66. The van der Waals surface area contributed by atoms with Gasteiger partial charge in [0.15, 0.2) is 0 Å². The van der Waals surface area contributed by atoms with Crippen molar-refractivity contribution in [3.8, 4) is 5.88 Å². The number of rotatable bonds is 1. The third kappa shape index (κ3) is 1.87. The maximum absolute atomic E-state index is 5.65. The lowest BCUT2D eigenvalue weighted by molar-refractivity contribution is 0.124. The molecule has 14 heavy (non-hydrogen) atoms. The zero-order chi connectivity index (χ0) is 10.2. The molecule has 0 aliphatic rings. The van der Waals surface area contributed by atoms with E-state index in [1.165, 1.54) is 0 Å². The van der Waals surface area contributed by atoms with E-state index in [2.05, 4.69) is 9.97 Å². The van der Waals surface area contributed by atoms with Gasteiger partial charge in [-0.3, -0.25) is 0 Å². The Morgan fingerprint density at radius 3 is 2.71 bits per heavy atom. The van der Waals surface area contributed by atoms with Crippen molar-refractivity contribution in [1.29, 1.82) is 0 Å². The Labute approximate surface area is 83.1 Å². The minimum Gasteiger partial charge on any atom is -0.472 e. The number of H-pyrrole nitrogens is 1. The summed E-state index contributed by atoms with van der Waals surface area (Å²) < 4.78 is 5.65. The molecule has 0 bridgehead atoms. The van der Waals surface area contributed by atoms with Crippen LogP contribution in [0.25, 0.3) is 11.0 Å². The molecule has 2 aromatic rings. The first-order chi connectivity index (χ1) is 6.54. The number of pyridine rings is 1. The van der Waals surface area contributed by atoms with E-state index >= 15 is 0 Å². The fraction of sp³-hybridized carbons (Fsp3) is 0.364. The molecule has 0 radical (unpaired) electrons. The van der Waals surface area contributed by atoms with Crippen LogP contribution in [0.4, 0.5) is 0 Å². The number of aromatic amines is 1. The summed E-state index contributed by atoms with van der Waals surface area (Å²) in [5, 5.41) is 0. The van der Waals surface area contributed by atoms with Crippen LogP contribution in [0.5, 0.6) is 5.88 Å². The van der Waals surface area contributed by atoms with E-state index in [1.807, 2.05) is 45.2 Å². The molecule has 3 heteroatoms. The molecule has 0 spiro atoms. The van der Waals surface area contributed by atoms with E-state index in [4.69, 9.17) is 4.74 Å². The van der Waals surface area contributed by atoms with Crippen LogP contribution in [-0.2, 0) is 0 Å². The number of hydrogen-bond donors (Lipinski definition) is 1. The van der Waals surface area contributed by atoms with Crippen molar-refractivity contribution in [3.63, 3.8) is 0 Å². The van der Waals surface area contributed by atoms with E-state index in [0.717, 1.165) is 11.0 Å². The molecule has 2 aromatic heterocycles. The van der Waals surface area contributed by atoms with E-state index in [-0.39, 0.29) is 5.60 Å². The van der Waals surface area contributed by atoms with Gasteiger partial charge in [-0.15, -0.1) is 0 Å². The molecular weight excluding hydrogens is 176 g/mol. The molecule has 74 valence electrons. The van der Waals surface area contributed by atoms with Crippen LogP contribution in [0.2, 0.25) is 0 Å². The Bertz CT molecular complexity index is 440. The van der Waals surface area contributed by atoms with Crippen LogP contribution in [-0.4, -0.2) is 15.6 Å². The summed E-state index contributed by atoms with van der Waals surface area (Å²) in [6.07, 6.45) is 1.87. The van der Waals surface area contributed by atoms with Gasteiger partial charge in [0.2, 0.25) is 5.88 Å². The minimum absolute atomic E-state index is 0.197. The Morgan fingerprint density at radius 1 is 1.21 bits per heavy atom. The molecule has 3 nitrogen and oxygen atoms in total. The topological polar surface area (TPSA) is 37.9 Å². The third-order valence-electron chi connectivity index (χ3n) is 1.79. The van der Waals surface area contributed by atoms with E-state index < -0.39 is 0 Å². The number of aromatic nitrogens is 2. The normalized spacial score (nSPS) is 11.9. The smallest absolute Gasteiger partial charge is 0.214 e. The van der Waals surface area contributed by atoms with Gasteiger partial charge in [0.1, 0.15) is 5.60 Å². The highest BCUT2D eigenvalue weighted by Gasteiger charge is 2.12. The average molecular weight is 190 g/mol. The zero-order valence-electron chi connectivity index (χ0n) is 8.66. The van der Waals surface area contributed by atoms with Crippen molar-refractivity contribution in [1.82, 2.24) is 9.97 Å². The van der Waals surface area contributed by atoms with Crippen molar-refractivity contribution in [3.05, 3.63) is 24.4 Å². The predicted molar refractivity (Wildman–Crippen MR) is 56.5 cm³/mol. The number of fused-ring (bicyclic) bond motifs is 1. The summed E-state index contributed by atoms with van der Waals surface area (Å²) in [7, 11) is 0. The van der Waals surface area contributed by atoms with Gasteiger partial charge in [0.05, 0.1) is 11.0 Å². The Kier molecular flexibility index (Phi) is 1.95. The van der Waals surface area contributed by atoms with Gasteiger partial charge in [-0.1, -0.05) is 0 Å². The summed E-state index contributed by atoms with van der Waals surface area (Å²) in [5.74, 6) is 0.671. The molecule has 1 N–H and O–H groups in total. The number of hydrogen-bond acceptors (Lipinski definition) is 2. The van der Waals surface area contributed by atoms with Gasteiger partial charge >= 0.3 is 0 Å². The summed E-state index contributed by atoms with van der Waals surface area (Å²) in [5.41, 5.74) is 1.77. The van der Waals surface area contributed by atoms with Crippen LogP contribution in [0.3, 0.4) is 0 Å². The van der Waals surface area contributed by atoms with E-state index in [9.17, 15) is 0 Å². The molecule has 0 aliphatic heterocycles. The van der Waals surface area contributed by atoms with Gasteiger partial charge in [-0.2, -0.15) is 0 Å². The molecular formula is C11H14N2O. The highest BCUT2D eigenvalue weighted by molar-refractivity contribution is 5.75. The standard InChI is InChI=1S/C11H14N2O/c1-11(2,3)14-10-5-4-8-9(13-10)6-7-12-8/h4-7,12H,1-3H3. The largest absolute Gasteiger partial charge is 0.472 e. The lowest BCUT2D eigenvalue weighted by Crippen LogP contribution is -2.23. The lowest BCUT2D eigenvalue weighted by Gasteiger charge is -2.20. The number of ether oxygens (including phenoxy) is 1. The first kappa shape index (κ1) is 9.06. The first-order valence-corrected chi connectivity index (χ1v) is 4.68. The Morgan fingerprint density at radius 2 is 2.00 bits per heavy atom. The highest BCUT2D eigenvalue weighted by Crippen LogP contribution is 2.18. The third-order valence-corrected chi connectivity index (χ3v) is 1.79. The van der Waals surface area contributed by atoms with Gasteiger partial charge in [0.25, 0.3) is 0 Å². The summed E-state index contributed by atoms with van der Waals surface area (Å²) in [4.78, 5) is 7.46. The molecule has 2 heterocycles. The molecule has 0 aromatic carbocycles. The molecule has 2 rings (SSSR count). The molecule has 0 unspecified atom stereocenters. The fourth-order valence-electron chi connectivity index (χ4n) is 1.29. The maximum Gasteiger partial charge on any atom is 0.214 e. The molecule has 0 saturated heterocycles. The lowest BCUT2D eigenvalue weighted by atomic mass is 10.2. The van der Waals surface area contributed by atoms with Crippen molar-refractivity contribution in [2.45, 2.75) is 26.4 Å². The second kappa shape index (κ2) is 3.01. The van der Waals surface area contributed by atoms with E-state index in [0.29, 0.717) is 5.88 Å². The van der Waals surface area contributed by atoms with Crippen LogP contribution in [0.15, 0.2) is 24.4 Å². The first-order valence-electron chi connectivity index (χ1n) is 4.68. The van der Waals surface area contributed by atoms with Gasteiger partial charge in [-0.25, -0.2) is 4.98 Å². The van der Waals surface area contributed by atoms with Crippen LogP contribution < -0.4 is 4.74 Å². The molecule has 0 fully saturated rings. The fourth-order valence-corrected chi connectivity index (χ4v) is 1.29. The van der Waals surface area contributed by atoms with Crippen molar-refractivity contribution < 1.29 is 4.74 Å². The van der Waals surface area contributed by atoms with Crippen molar-refractivity contribution >= 4 is 11.0 Å².